The second kappa shape index (κ2) is 56.9. The molecule has 1 N–H and O–H groups in total. The van der Waals surface area contributed by atoms with E-state index in [2.05, 4.69) is 20.8 Å². The zero-order valence-corrected chi connectivity index (χ0v) is 81.6. The summed E-state index contributed by atoms with van der Waals surface area (Å²) < 4.78 is 479. The summed E-state index contributed by atoms with van der Waals surface area (Å²) in [4.78, 5) is 0. The van der Waals surface area contributed by atoms with Crippen LogP contribution in [0.3, 0.4) is 0 Å². The number of aromatic hydroxyl groups is 1. The molecule has 0 fully saturated rings. The fourth-order valence-electron chi connectivity index (χ4n) is 11.5. The highest BCUT2D eigenvalue weighted by Gasteiger charge is 2.49. The highest BCUT2D eigenvalue weighted by atomic mass is 32.2. The minimum Gasteiger partial charge on any atom is -0.748 e. The number of phenols is 1. The first-order valence-electron chi connectivity index (χ1n) is 40.4. The Balaban J connectivity index is 0.000000865. The number of rotatable bonds is 44. The van der Waals surface area contributed by atoms with Crippen molar-refractivity contribution >= 4 is 155 Å². The smallest absolute Gasteiger partial charge is 0.426 e. The van der Waals surface area contributed by atoms with Crippen molar-refractivity contribution in [2.75, 3.05) is 48.2 Å². The van der Waals surface area contributed by atoms with Crippen molar-refractivity contribution in [2.24, 2.45) is 0 Å². The molecule has 0 aliphatic carbocycles. The SMILES string of the molecule is [B]Cc1cc(OC(CS(=O)(=O)[O-])C(F)(F)F)cc(C[B])c1O.[B]Cc1cc(OC(CS(=O)(=O)[O-])C(F)(F)F)cc(C[B])c1OC.[B]Cc1cc(OC(CS(=O)(=O)[O-])C(F)(F)F)cc(C[B])c1OC(C)(C)C.[B]Cc1cc(OC(CS(=O)(=O)[O-])C(F)(F)F)cc(C[B])c1OC(C)C.[B]Cc1cc(OC(CS(=O)(=O)[O-])C(F)(F)F)cc(C[B])c1OC=C.[B]Cc1cc(OC(CS(=O)(=O)[O-])C(F)(F)F)cc(C[B])c1OCC. The summed E-state index contributed by atoms with van der Waals surface area (Å²) in [5, 5.41) is 9.71. The summed E-state index contributed by atoms with van der Waals surface area (Å²) in [5.74, 6) is -11.2. The lowest BCUT2D eigenvalue weighted by Gasteiger charge is -2.27. The van der Waals surface area contributed by atoms with Gasteiger partial charge in [0.15, 0.2) is 0 Å². The molecule has 0 spiro atoms. The third-order valence-electron chi connectivity index (χ3n) is 17.4. The van der Waals surface area contributed by atoms with Crippen LogP contribution in [0.4, 0.5) is 79.0 Å². The van der Waals surface area contributed by atoms with Gasteiger partial charge in [-0.2, -0.15) is 79.0 Å². The number of benzene rings is 6. The first-order valence-corrected chi connectivity index (χ1v) is 49.9. The van der Waals surface area contributed by atoms with Gasteiger partial charge in [0.25, 0.3) is 0 Å². The lowest BCUT2D eigenvalue weighted by Crippen LogP contribution is -2.40. The molecular weight excluding hydrogens is 2080 g/mol. The van der Waals surface area contributed by atoms with Gasteiger partial charge in [-0.25, -0.2) is 50.5 Å². The maximum absolute atomic E-state index is 13.0. The molecule has 0 heterocycles. The van der Waals surface area contributed by atoms with Crippen molar-refractivity contribution in [3.05, 3.63) is 152 Å². The van der Waals surface area contributed by atoms with E-state index in [1.807, 2.05) is 0 Å². The lowest BCUT2D eigenvalue weighted by atomic mass is 9.89. The van der Waals surface area contributed by atoms with Crippen LogP contribution in [0.15, 0.2) is 85.6 Å². The molecule has 6 aromatic rings. The van der Waals surface area contributed by atoms with Gasteiger partial charge in [0.2, 0.25) is 36.6 Å². The van der Waals surface area contributed by atoms with Gasteiger partial charge >= 0.3 is 37.1 Å². The number of hydrogen-bond acceptors (Lipinski definition) is 30. The molecule has 0 amide bonds. The van der Waals surface area contributed by atoms with Crippen LogP contribution in [0.25, 0.3) is 0 Å². The Morgan fingerprint density at radius 3 is 0.632 bits per heavy atom. The third kappa shape index (κ3) is 49.2. The van der Waals surface area contributed by atoms with E-state index in [1.54, 1.807) is 41.5 Å². The van der Waals surface area contributed by atoms with E-state index in [0.717, 1.165) is 30.5 Å². The molecule has 6 atom stereocenters. The molecule has 6 unspecified atom stereocenters. The predicted molar refractivity (Wildman–Crippen MR) is 489 cm³/mol. The van der Waals surface area contributed by atoms with Gasteiger partial charge in [-0.05, 0) is 181 Å². The van der Waals surface area contributed by atoms with Crippen LogP contribution in [0.2, 0.25) is 0 Å². The second-order valence-electron chi connectivity index (χ2n) is 30.4. The van der Waals surface area contributed by atoms with Crippen molar-refractivity contribution in [3.63, 3.8) is 0 Å². The lowest BCUT2D eigenvalue weighted by molar-refractivity contribution is -0.188. The number of ether oxygens (including phenoxy) is 11. The van der Waals surface area contributed by atoms with Crippen LogP contribution in [0.1, 0.15) is 108 Å². The number of hydrogen-bond donors (Lipinski definition) is 1. The first-order chi connectivity index (χ1) is 65.5. The van der Waals surface area contributed by atoms with Crippen LogP contribution >= 0.6 is 0 Å². The van der Waals surface area contributed by atoms with Gasteiger partial charge in [0.05, 0.1) is 215 Å². The maximum atomic E-state index is 13.0. The topological polar surface area (TPSA) is 465 Å². The molecule has 778 valence electrons. The van der Waals surface area contributed by atoms with Crippen LogP contribution in [0.5, 0.6) is 69.0 Å². The summed E-state index contributed by atoms with van der Waals surface area (Å²) in [7, 11) is 36.7. The zero-order valence-electron chi connectivity index (χ0n) is 76.7. The average Bonchev–Trinajstić information content (AvgIpc) is 0.815. The molecule has 0 saturated heterocycles. The second-order valence-corrected chi connectivity index (χ2v) is 39.1. The van der Waals surface area contributed by atoms with E-state index in [4.69, 9.17) is 132 Å². The molecule has 144 heavy (non-hydrogen) atoms. The quantitative estimate of drug-likeness (QED) is 0.0164. The van der Waals surface area contributed by atoms with Gasteiger partial charge in [-0.1, -0.05) is 82.4 Å². The molecule has 24 radical (unpaired) electrons. The number of alkyl halides is 18. The fourth-order valence-corrected chi connectivity index (χ4v) is 15.3. The molecule has 30 nitrogen and oxygen atoms in total. The Kier molecular flexibility index (Phi) is 52.8. The summed E-state index contributed by atoms with van der Waals surface area (Å²) >= 11 is 0. The summed E-state index contributed by atoms with van der Waals surface area (Å²) in [6.45, 7) is 14.2. The molecule has 0 aromatic heterocycles. The summed E-state index contributed by atoms with van der Waals surface area (Å²) in [6, 6.07) is 13.9. The van der Waals surface area contributed by atoms with Gasteiger partial charge < -0.3 is 84.5 Å². The van der Waals surface area contributed by atoms with Crippen molar-refractivity contribution in [2.45, 2.75) is 203 Å². The van der Waals surface area contributed by atoms with E-state index in [1.165, 1.54) is 55.6 Å². The Morgan fingerprint density at radius 2 is 0.479 bits per heavy atom. The Hall–Kier alpha value is -8.36. The van der Waals surface area contributed by atoms with Crippen LogP contribution < -0.4 is 52.1 Å². The van der Waals surface area contributed by atoms with E-state index in [-0.39, 0.29) is 144 Å². The molecule has 0 aliphatic rings. The van der Waals surface area contributed by atoms with Gasteiger partial charge in [0.1, 0.15) is 74.6 Å². The predicted octanol–water partition coefficient (Wildman–Crippen LogP) is 7.87. The number of phenolic OH excluding ortho intramolecular Hbond substituents is 1. The van der Waals surface area contributed by atoms with E-state index >= 15 is 0 Å². The summed E-state index contributed by atoms with van der Waals surface area (Å²) in [5.41, 5.74) is 2.81. The van der Waals surface area contributed by atoms with Crippen LogP contribution in [-0.4, -0.2) is 311 Å². The van der Waals surface area contributed by atoms with E-state index in [9.17, 15) is 162 Å². The van der Waals surface area contributed by atoms with Crippen molar-refractivity contribution in [1.82, 2.24) is 0 Å². The molecule has 0 bridgehead atoms. The van der Waals surface area contributed by atoms with Gasteiger partial charge in [-0.15, -0.1) is 0 Å². The zero-order chi connectivity index (χ0) is 112. The Labute approximate surface area is 836 Å². The largest absolute Gasteiger partial charge is 0.748 e. The Morgan fingerprint density at radius 1 is 0.306 bits per heavy atom. The highest BCUT2D eigenvalue weighted by Crippen LogP contribution is 2.42. The van der Waals surface area contributed by atoms with Gasteiger partial charge in [0, 0.05) is 0 Å². The highest BCUT2D eigenvalue weighted by molar-refractivity contribution is 7.87. The van der Waals surface area contributed by atoms with Crippen LogP contribution in [-0.2, 0) is 137 Å². The minimum atomic E-state index is -5.16. The van der Waals surface area contributed by atoms with E-state index in [0.29, 0.717) is 74.1 Å². The monoisotopic (exact) mass is 2160 g/mol. The normalized spacial score (nSPS) is 13.7. The van der Waals surface area contributed by atoms with Crippen molar-refractivity contribution in [1.29, 1.82) is 0 Å². The summed E-state index contributed by atoms with van der Waals surface area (Å²) in [6.07, 6.45) is -47.4. The van der Waals surface area contributed by atoms with E-state index < -0.39 is 180 Å². The van der Waals surface area contributed by atoms with Crippen molar-refractivity contribution in [3.8, 4) is 69.0 Å². The Bertz CT molecular complexity index is 5730. The van der Waals surface area contributed by atoms with Crippen molar-refractivity contribution < 1.29 is 214 Å². The minimum absolute atomic E-state index is 0.0595. The number of halogens is 18. The molecule has 6 rings (SSSR count). The number of methoxy groups -OCH3 is 1. The molecular formula is C78H82B12F18O30S6-6. The maximum Gasteiger partial charge on any atom is 0.426 e. The average molecular weight is 2160 g/mol. The fraction of sp³-hybridized carbons (Fsp3) is 0.513. The van der Waals surface area contributed by atoms with Gasteiger partial charge in [-0.3, -0.25) is 0 Å². The molecule has 0 saturated carbocycles. The third-order valence-corrected chi connectivity index (χ3v) is 21.7. The molecule has 6 aromatic carbocycles. The molecule has 0 aliphatic heterocycles. The van der Waals surface area contributed by atoms with Crippen LogP contribution in [0, 0.1) is 0 Å². The molecule has 66 heteroatoms. The standard InChI is InChI=1S/C15H19B2F3O5S.C14H17B2F3O5S.C13H15B2F3O5S.C13H13B2F3O5S.C12H13B2F3O5S.C11H11B2F3O5S/c1-14(2,3)25-13-9(6-16)4-11(5-10(13)7-17)24-12(15(18,19)20)8-26(21,22)23;1-8(2)23-13-9(5-15)3-11(4-10(13)6-16)24-12(14(17,18)19)7-25(20,21)22;2*1-2-22-12-8(5-14)3-10(4-9(12)6-15)23-11(13(16,17)18)7-24(19,20)21;1-21-11-7(4-13)2-9(3-8(11)5-14)22-10(12(15,16)17)6-23(18,19)20;12-3-6-1-8(2-7(4-13)10(6)17)21-9(11(14,15)16)5-22(18,19)20/h4-5,12H,6-8H2,1-3H3,(H,21,22,23);3-4,8,12H,5-7H2,1-2H3,(H,20,21,22);3-4,11H,2,5-7H2,1H3,(H,19,20,21);2-4,11H,1,5-7H2,(H,19,20,21);2-3,10H,4-6H2,1H3,(H,18,19,20);1-2,9,17H,3-5H2,(H,18,19,20)/p-6. The first kappa shape index (κ1) is 134.